The highest BCUT2D eigenvalue weighted by Gasteiger charge is 2.38. The maximum Gasteiger partial charge on any atom is 0.431 e. The summed E-state index contributed by atoms with van der Waals surface area (Å²) in [6.45, 7) is -0.194. The Morgan fingerprint density at radius 3 is 2.60 bits per heavy atom. The van der Waals surface area contributed by atoms with Gasteiger partial charge in [0.1, 0.15) is 5.71 Å². The topological polar surface area (TPSA) is 15.6 Å². The molecule has 1 aromatic rings. The van der Waals surface area contributed by atoms with E-state index >= 15 is 0 Å². The van der Waals surface area contributed by atoms with E-state index < -0.39 is 11.9 Å². The summed E-state index contributed by atoms with van der Waals surface area (Å²) in [5.41, 5.74) is 0.354. The average Bonchev–Trinajstić information content (AvgIpc) is 2.16. The number of para-hydroxylation sites is 2. The van der Waals surface area contributed by atoms with E-state index in [1.807, 2.05) is 0 Å². The Hall–Kier alpha value is -1.52. The quantitative estimate of drug-likeness (QED) is 0.648. The van der Waals surface area contributed by atoms with Crippen molar-refractivity contribution in [3.05, 3.63) is 24.3 Å². The molecule has 0 aromatic heterocycles. The Labute approximate surface area is 85.0 Å². The zero-order chi connectivity index (χ0) is 11.1. The maximum absolute atomic E-state index is 12.5. The molecule has 0 bridgehead atoms. The highest BCUT2D eigenvalue weighted by atomic mass is 19.4. The van der Waals surface area contributed by atoms with Crippen LogP contribution in [0.5, 0.6) is 0 Å². The molecule has 0 saturated carbocycles. The minimum absolute atomic E-state index is 0.194. The molecule has 1 heterocycles. The van der Waals surface area contributed by atoms with Crippen LogP contribution < -0.4 is 4.90 Å². The van der Waals surface area contributed by atoms with Crippen molar-refractivity contribution in [2.75, 3.05) is 18.5 Å². The van der Waals surface area contributed by atoms with E-state index in [0.717, 1.165) is 5.69 Å². The maximum atomic E-state index is 12.5. The van der Waals surface area contributed by atoms with Crippen molar-refractivity contribution in [2.24, 2.45) is 4.99 Å². The molecule has 0 unspecified atom stereocenters. The summed E-state index contributed by atoms with van der Waals surface area (Å²) in [4.78, 5) is 5.16. The van der Waals surface area contributed by atoms with Gasteiger partial charge < -0.3 is 4.90 Å². The molecule has 80 valence electrons. The fourth-order valence-electron chi connectivity index (χ4n) is 1.53. The Morgan fingerprint density at radius 1 is 1.27 bits per heavy atom. The van der Waals surface area contributed by atoms with Crippen LogP contribution in [0, 0.1) is 0 Å². The number of alkyl halides is 3. The number of fused-ring (bicyclic) bond motifs is 1. The number of benzene rings is 1. The van der Waals surface area contributed by atoms with E-state index in [0.29, 0.717) is 5.69 Å². The van der Waals surface area contributed by atoms with Gasteiger partial charge in [-0.15, -0.1) is 0 Å². The van der Waals surface area contributed by atoms with Crippen LogP contribution in [-0.4, -0.2) is 25.5 Å². The van der Waals surface area contributed by atoms with Crippen molar-refractivity contribution in [1.29, 1.82) is 0 Å². The first-order valence-corrected chi connectivity index (χ1v) is 4.43. The first-order valence-electron chi connectivity index (χ1n) is 4.43. The van der Waals surface area contributed by atoms with Gasteiger partial charge in [-0.05, 0) is 12.1 Å². The Balaban J connectivity index is 2.48. The summed E-state index contributed by atoms with van der Waals surface area (Å²) in [6.07, 6.45) is -4.35. The molecule has 1 aliphatic heterocycles. The molecule has 15 heavy (non-hydrogen) atoms. The van der Waals surface area contributed by atoms with Crippen molar-refractivity contribution < 1.29 is 13.2 Å². The number of anilines is 1. The lowest BCUT2D eigenvalue weighted by molar-refractivity contribution is -0.0597. The largest absolute Gasteiger partial charge is 0.431 e. The van der Waals surface area contributed by atoms with E-state index in [2.05, 4.69) is 4.99 Å². The standard InChI is InChI=1S/C10H9F3N2/c1-15-6-9(10(11,12)13)14-7-4-2-3-5-8(7)15/h2-5H,6H2,1H3. The van der Waals surface area contributed by atoms with Crippen LogP contribution in [-0.2, 0) is 0 Å². The van der Waals surface area contributed by atoms with Gasteiger partial charge in [0.05, 0.1) is 17.9 Å². The summed E-state index contributed by atoms with van der Waals surface area (Å²) in [6, 6.07) is 6.79. The van der Waals surface area contributed by atoms with Crippen LogP contribution in [0.2, 0.25) is 0 Å². The van der Waals surface area contributed by atoms with Crippen molar-refractivity contribution in [2.45, 2.75) is 6.18 Å². The van der Waals surface area contributed by atoms with Gasteiger partial charge in [-0.2, -0.15) is 13.2 Å². The zero-order valence-electron chi connectivity index (χ0n) is 8.04. The van der Waals surface area contributed by atoms with Crippen molar-refractivity contribution >= 4 is 17.1 Å². The highest BCUT2D eigenvalue weighted by molar-refractivity contribution is 5.99. The van der Waals surface area contributed by atoms with Crippen molar-refractivity contribution in [3.63, 3.8) is 0 Å². The number of rotatable bonds is 0. The Kier molecular flexibility index (Phi) is 2.17. The molecule has 1 aromatic carbocycles. The van der Waals surface area contributed by atoms with Crippen LogP contribution in [0.15, 0.2) is 29.3 Å². The summed E-state index contributed by atoms with van der Waals surface area (Å²) in [5.74, 6) is 0. The molecule has 0 atom stereocenters. The molecule has 0 spiro atoms. The summed E-state index contributed by atoms with van der Waals surface area (Å²) < 4.78 is 37.4. The number of hydrogen-bond donors (Lipinski definition) is 0. The van der Waals surface area contributed by atoms with E-state index in [4.69, 9.17) is 0 Å². The molecule has 0 fully saturated rings. The molecule has 0 radical (unpaired) electrons. The van der Waals surface area contributed by atoms with Gasteiger partial charge >= 0.3 is 6.18 Å². The van der Waals surface area contributed by atoms with Gasteiger partial charge in [-0.25, -0.2) is 4.99 Å². The van der Waals surface area contributed by atoms with Gasteiger partial charge in [0.2, 0.25) is 0 Å². The van der Waals surface area contributed by atoms with Crippen LogP contribution in [0.4, 0.5) is 24.5 Å². The number of halogens is 3. The summed E-state index contributed by atoms with van der Waals surface area (Å²) >= 11 is 0. The predicted octanol–water partition coefficient (Wildman–Crippen LogP) is 2.77. The fraction of sp³-hybridized carbons (Fsp3) is 0.300. The van der Waals surface area contributed by atoms with Gasteiger partial charge in [-0.1, -0.05) is 12.1 Å². The van der Waals surface area contributed by atoms with E-state index in [9.17, 15) is 13.2 Å². The lowest BCUT2D eigenvalue weighted by Gasteiger charge is -2.27. The molecular weight excluding hydrogens is 205 g/mol. The minimum atomic E-state index is -4.35. The van der Waals surface area contributed by atoms with Gasteiger partial charge in [-0.3, -0.25) is 0 Å². The van der Waals surface area contributed by atoms with E-state index in [-0.39, 0.29) is 6.54 Å². The summed E-state index contributed by atoms with van der Waals surface area (Å²) in [5, 5.41) is 0. The van der Waals surface area contributed by atoms with Crippen LogP contribution in [0.3, 0.4) is 0 Å². The lowest BCUT2D eigenvalue weighted by atomic mass is 10.2. The van der Waals surface area contributed by atoms with E-state index in [1.165, 1.54) is 0 Å². The average molecular weight is 214 g/mol. The SMILES string of the molecule is CN1CC(C(F)(F)F)=Nc2ccccc21. The fourth-order valence-corrected chi connectivity index (χ4v) is 1.53. The van der Waals surface area contributed by atoms with E-state index in [1.54, 1.807) is 36.2 Å². The molecule has 0 amide bonds. The second-order valence-corrected chi connectivity index (χ2v) is 3.40. The first kappa shape index (κ1) is 10.0. The van der Waals surface area contributed by atoms with Crippen molar-refractivity contribution in [3.8, 4) is 0 Å². The number of hydrogen-bond acceptors (Lipinski definition) is 2. The van der Waals surface area contributed by atoms with Crippen LogP contribution in [0.1, 0.15) is 0 Å². The molecule has 1 aliphatic rings. The molecule has 0 N–H and O–H groups in total. The minimum Gasteiger partial charge on any atom is -0.367 e. The molecule has 0 aliphatic carbocycles. The third-order valence-electron chi connectivity index (χ3n) is 2.26. The summed E-state index contributed by atoms with van der Waals surface area (Å²) in [7, 11) is 1.62. The zero-order valence-corrected chi connectivity index (χ0v) is 8.04. The Bertz CT molecular complexity index is 409. The molecule has 0 saturated heterocycles. The molecular formula is C10H9F3N2. The second-order valence-electron chi connectivity index (χ2n) is 3.40. The normalized spacial score (nSPS) is 16.0. The monoisotopic (exact) mass is 214 g/mol. The van der Waals surface area contributed by atoms with Crippen LogP contribution >= 0.6 is 0 Å². The molecule has 5 heteroatoms. The second kappa shape index (κ2) is 3.25. The lowest BCUT2D eigenvalue weighted by Crippen LogP contribution is -2.37. The molecule has 2 nitrogen and oxygen atoms in total. The highest BCUT2D eigenvalue weighted by Crippen LogP contribution is 2.34. The number of aliphatic imine (C=N–C) groups is 1. The smallest absolute Gasteiger partial charge is 0.367 e. The molecule has 2 rings (SSSR count). The van der Waals surface area contributed by atoms with Crippen LogP contribution in [0.25, 0.3) is 0 Å². The van der Waals surface area contributed by atoms with Gasteiger partial charge in [0.15, 0.2) is 0 Å². The third-order valence-corrected chi connectivity index (χ3v) is 2.26. The third kappa shape index (κ3) is 1.82. The number of nitrogens with zero attached hydrogens (tertiary/aromatic N) is 2. The Morgan fingerprint density at radius 2 is 1.93 bits per heavy atom. The van der Waals surface area contributed by atoms with Crippen molar-refractivity contribution in [1.82, 2.24) is 0 Å². The van der Waals surface area contributed by atoms with Gasteiger partial charge in [0, 0.05) is 7.05 Å². The van der Waals surface area contributed by atoms with Gasteiger partial charge in [0.25, 0.3) is 0 Å². The first-order chi connectivity index (χ1) is 6.98. The predicted molar refractivity (Wildman–Crippen MR) is 52.9 cm³/mol.